The Labute approximate surface area is 87.5 Å². The monoisotopic (exact) mass is 210 g/mol. The second kappa shape index (κ2) is 4.02. The lowest BCUT2D eigenvalue weighted by molar-refractivity contribution is -0.150. The van der Waals surface area contributed by atoms with Gasteiger partial charge in [0.1, 0.15) is 6.26 Å². The molecule has 2 heterocycles. The molecule has 0 bridgehead atoms. The number of carboxylic acid groups (broad SMARTS) is 1. The zero-order chi connectivity index (χ0) is 10.7. The van der Waals surface area contributed by atoms with Gasteiger partial charge in [-0.1, -0.05) is 5.16 Å². The van der Waals surface area contributed by atoms with E-state index in [1.165, 1.54) is 6.26 Å². The van der Waals surface area contributed by atoms with E-state index in [4.69, 9.17) is 4.52 Å². The molecule has 2 rings (SSSR count). The first-order valence-electron chi connectivity index (χ1n) is 5.05. The van der Waals surface area contributed by atoms with Crippen molar-refractivity contribution >= 4 is 5.97 Å². The molecule has 0 amide bonds. The third-order valence-electron chi connectivity index (χ3n) is 3.04. The molecule has 0 aliphatic carbocycles. The van der Waals surface area contributed by atoms with E-state index >= 15 is 0 Å². The van der Waals surface area contributed by atoms with Gasteiger partial charge in [-0.3, -0.25) is 4.79 Å². The summed E-state index contributed by atoms with van der Waals surface area (Å²) in [6.07, 6.45) is 4.94. The Kier molecular flexibility index (Phi) is 2.73. The Morgan fingerprint density at radius 1 is 1.60 bits per heavy atom. The second-order valence-electron chi connectivity index (χ2n) is 4.04. The van der Waals surface area contributed by atoms with E-state index in [0.717, 1.165) is 18.7 Å². The van der Waals surface area contributed by atoms with Crippen LogP contribution in [0.5, 0.6) is 0 Å². The van der Waals surface area contributed by atoms with Crippen LogP contribution in [0, 0.1) is 5.41 Å². The van der Waals surface area contributed by atoms with Crippen molar-refractivity contribution in [3.8, 4) is 0 Å². The van der Waals surface area contributed by atoms with E-state index in [1.54, 1.807) is 6.20 Å². The van der Waals surface area contributed by atoms with Crippen molar-refractivity contribution in [3.63, 3.8) is 0 Å². The summed E-state index contributed by atoms with van der Waals surface area (Å²) in [5.41, 5.74) is 0.218. The molecule has 5 heteroatoms. The van der Waals surface area contributed by atoms with Gasteiger partial charge in [-0.05, 0) is 32.4 Å². The Balaban J connectivity index is 2.15. The number of hydrogen-bond acceptors (Lipinski definition) is 4. The van der Waals surface area contributed by atoms with Crippen LogP contribution in [0.4, 0.5) is 0 Å². The van der Waals surface area contributed by atoms with Crippen molar-refractivity contribution in [3.05, 3.63) is 18.0 Å². The van der Waals surface area contributed by atoms with Crippen LogP contribution in [0.2, 0.25) is 0 Å². The normalized spacial score (nSPS) is 20.0. The van der Waals surface area contributed by atoms with Crippen LogP contribution >= 0.6 is 0 Å². The number of aromatic nitrogens is 1. The predicted molar refractivity (Wildman–Crippen MR) is 52.4 cm³/mol. The van der Waals surface area contributed by atoms with Crippen molar-refractivity contribution in [2.75, 3.05) is 13.1 Å². The Bertz CT molecular complexity index is 328. The fourth-order valence-corrected chi connectivity index (χ4v) is 2.08. The van der Waals surface area contributed by atoms with Gasteiger partial charge in [-0.2, -0.15) is 0 Å². The van der Waals surface area contributed by atoms with Gasteiger partial charge in [0.05, 0.1) is 11.6 Å². The number of carboxylic acids is 1. The third-order valence-corrected chi connectivity index (χ3v) is 3.04. The van der Waals surface area contributed by atoms with Crippen LogP contribution in [0.1, 0.15) is 18.4 Å². The average molecular weight is 210 g/mol. The summed E-state index contributed by atoms with van der Waals surface area (Å²) in [5, 5.41) is 16.1. The molecule has 1 aromatic rings. The van der Waals surface area contributed by atoms with Crippen LogP contribution in [-0.2, 0) is 11.2 Å². The molecule has 0 saturated carbocycles. The fourth-order valence-electron chi connectivity index (χ4n) is 2.08. The summed E-state index contributed by atoms with van der Waals surface area (Å²) in [4.78, 5) is 11.3. The standard InChI is InChI=1S/C10H14N2O3/c13-9(14)10(1-3-11-4-2-10)5-8-6-12-15-7-8/h6-7,11H,1-5H2,(H,13,14). The lowest BCUT2D eigenvalue weighted by atomic mass is 9.75. The molecule has 82 valence electrons. The van der Waals surface area contributed by atoms with Crippen molar-refractivity contribution in [2.45, 2.75) is 19.3 Å². The molecule has 0 aromatic carbocycles. The maximum Gasteiger partial charge on any atom is 0.310 e. The van der Waals surface area contributed by atoms with E-state index in [0.29, 0.717) is 19.3 Å². The highest BCUT2D eigenvalue weighted by molar-refractivity contribution is 5.75. The summed E-state index contributed by atoms with van der Waals surface area (Å²) in [6.45, 7) is 1.52. The second-order valence-corrected chi connectivity index (χ2v) is 4.04. The van der Waals surface area contributed by atoms with Gasteiger partial charge in [0, 0.05) is 5.56 Å². The van der Waals surface area contributed by atoms with Gasteiger partial charge in [-0.25, -0.2) is 0 Å². The molecule has 2 N–H and O–H groups in total. The summed E-state index contributed by atoms with van der Waals surface area (Å²) >= 11 is 0. The molecule has 1 aliphatic heterocycles. The molecule has 0 atom stereocenters. The highest BCUT2D eigenvalue weighted by atomic mass is 16.5. The van der Waals surface area contributed by atoms with Gasteiger partial charge in [-0.15, -0.1) is 0 Å². The molecule has 1 aromatic heterocycles. The third kappa shape index (κ3) is 2.02. The highest BCUT2D eigenvalue weighted by Crippen LogP contribution is 2.33. The number of carbonyl (C=O) groups is 1. The minimum absolute atomic E-state index is 0.507. The lowest BCUT2D eigenvalue weighted by Gasteiger charge is -2.33. The molecule has 15 heavy (non-hydrogen) atoms. The summed E-state index contributed by atoms with van der Waals surface area (Å²) in [6, 6.07) is 0. The van der Waals surface area contributed by atoms with E-state index in [-0.39, 0.29) is 0 Å². The van der Waals surface area contributed by atoms with Crippen molar-refractivity contribution in [1.29, 1.82) is 0 Å². The van der Waals surface area contributed by atoms with Gasteiger partial charge in [0.15, 0.2) is 0 Å². The number of nitrogens with zero attached hydrogens (tertiary/aromatic N) is 1. The summed E-state index contributed by atoms with van der Waals surface area (Å²) < 4.78 is 4.72. The van der Waals surface area contributed by atoms with Crippen molar-refractivity contribution < 1.29 is 14.4 Å². The predicted octanol–water partition coefficient (Wildman–Crippen LogP) is 0.671. The van der Waals surface area contributed by atoms with Crippen molar-refractivity contribution in [1.82, 2.24) is 10.5 Å². The Morgan fingerprint density at radius 3 is 2.87 bits per heavy atom. The maximum atomic E-state index is 11.3. The summed E-state index contributed by atoms with van der Waals surface area (Å²) in [5.74, 6) is -0.717. The zero-order valence-electron chi connectivity index (χ0n) is 8.40. The summed E-state index contributed by atoms with van der Waals surface area (Å²) in [7, 11) is 0. The average Bonchev–Trinajstić information content (AvgIpc) is 2.71. The Hall–Kier alpha value is -1.36. The first-order chi connectivity index (χ1) is 7.23. The molecule has 0 unspecified atom stereocenters. The first kappa shape index (κ1) is 10.2. The molecule has 0 spiro atoms. The van der Waals surface area contributed by atoms with E-state index < -0.39 is 11.4 Å². The van der Waals surface area contributed by atoms with Gasteiger partial charge >= 0.3 is 5.97 Å². The number of aliphatic carboxylic acids is 1. The zero-order valence-corrected chi connectivity index (χ0v) is 8.40. The molecular formula is C10H14N2O3. The number of piperidine rings is 1. The van der Waals surface area contributed by atoms with Gasteiger partial charge in [0.25, 0.3) is 0 Å². The SMILES string of the molecule is O=C(O)C1(Cc2cnoc2)CCNCC1. The quantitative estimate of drug-likeness (QED) is 0.767. The number of nitrogens with one attached hydrogen (secondary N) is 1. The highest BCUT2D eigenvalue weighted by Gasteiger charge is 2.39. The molecule has 1 saturated heterocycles. The first-order valence-corrected chi connectivity index (χ1v) is 5.05. The molecular weight excluding hydrogens is 196 g/mol. The largest absolute Gasteiger partial charge is 0.481 e. The van der Waals surface area contributed by atoms with E-state index in [2.05, 4.69) is 10.5 Å². The lowest BCUT2D eigenvalue weighted by Crippen LogP contribution is -2.43. The van der Waals surface area contributed by atoms with Crippen LogP contribution in [0.15, 0.2) is 17.0 Å². The van der Waals surface area contributed by atoms with Gasteiger partial charge in [0.2, 0.25) is 0 Å². The Morgan fingerprint density at radius 2 is 2.33 bits per heavy atom. The maximum absolute atomic E-state index is 11.3. The van der Waals surface area contributed by atoms with E-state index in [9.17, 15) is 9.90 Å². The number of hydrogen-bond donors (Lipinski definition) is 2. The van der Waals surface area contributed by atoms with Crippen molar-refractivity contribution in [2.24, 2.45) is 5.41 Å². The van der Waals surface area contributed by atoms with Gasteiger partial charge < -0.3 is 14.9 Å². The molecule has 1 aliphatic rings. The van der Waals surface area contributed by atoms with Crippen LogP contribution < -0.4 is 5.32 Å². The van der Waals surface area contributed by atoms with Crippen LogP contribution in [0.25, 0.3) is 0 Å². The fraction of sp³-hybridized carbons (Fsp3) is 0.600. The van der Waals surface area contributed by atoms with E-state index in [1.807, 2.05) is 0 Å². The van der Waals surface area contributed by atoms with Crippen LogP contribution in [-0.4, -0.2) is 29.3 Å². The minimum Gasteiger partial charge on any atom is -0.481 e. The topological polar surface area (TPSA) is 75.4 Å². The molecule has 5 nitrogen and oxygen atoms in total. The van der Waals surface area contributed by atoms with Crippen LogP contribution in [0.3, 0.4) is 0 Å². The molecule has 0 radical (unpaired) electrons. The number of rotatable bonds is 3. The smallest absolute Gasteiger partial charge is 0.310 e. The molecule has 1 fully saturated rings. The minimum atomic E-state index is -0.717.